The Morgan fingerprint density at radius 2 is 1.77 bits per heavy atom. The minimum atomic E-state index is -0.101. The van der Waals surface area contributed by atoms with E-state index >= 15 is 0 Å². The maximum Gasteiger partial charge on any atom is 0.268 e. The van der Waals surface area contributed by atoms with Crippen molar-refractivity contribution in [3.05, 3.63) is 46.6 Å². The molecule has 0 aliphatic carbocycles. The summed E-state index contributed by atoms with van der Waals surface area (Å²) in [5.41, 5.74) is 2.20. The molecule has 3 heterocycles. The molecule has 1 aliphatic heterocycles. The zero-order valence-electron chi connectivity index (χ0n) is 12.3. The van der Waals surface area contributed by atoms with Crippen LogP contribution in [0.1, 0.15) is 5.69 Å². The molecule has 2 aromatic rings. The van der Waals surface area contributed by atoms with Crippen LogP contribution < -0.4 is 15.4 Å². The van der Waals surface area contributed by atoms with Crippen molar-refractivity contribution in [1.82, 2.24) is 14.8 Å². The zero-order chi connectivity index (χ0) is 15.5. The molecule has 1 saturated heterocycles. The van der Waals surface area contributed by atoms with Crippen molar-refractivity contribution in [3.63, 3.8) is 0 Å². The van der Waals surface area contributed by atoms with E-state index in [0.717, 1.165) is 37.6 Å². The van der Waals surface area contributed by atoms with Crippen LogP contribution in [0.15, 0.2) is 35.4 Å². The quantitative estimate of drug-likeness (QED) is 0.797. The highest BCUT2D eigenvalue weighted by Crippen LogP contribution is 2.18. The predicted octanol–water partition coefficient (Wildman–Crippen LogP) is 0.374. The summed E-state index contributed by atoms with van der Waals surface area (Å²) in [6, 6.07) is 7.28. The fourth-order valence-corrected chi connectivity index (χ4v) is 2.49. The molecule has 112 valence electrons. The van der Waals surface area contributed by atoms with Gasteiger partial charge in [-0.15, -0.1) is 0 Å². The van der Waals surface area contributed by atoms with E-state index < -0.39 is 0 Å². The van der Waals surface area contributed by atoms with Crippen LogP contribution in [-0.2, 0) is 7.05 Å². The van der Waals surface area contributed by atoms with E-state index in [1.165, 1.54) is 4.68 Å². The molecule has 0 spiro atoms. The first-order valence-corrected chi connectivity index (χ1v) is 7.07. The molecular formula is C15H16N6O. The van der Waals surface area contributed by atoms with Crippen molar-refractivity contribution in [3.8, 4) is 6.07 Å². The first-order chi connectivity index (χ1) is 10.7. The Balaban J connectivity index is 1.68. The molecule has 0 radical (unpaired) electrons. The molecule has 0 atom stereocenters. The third-order valence-corrected chi connectivity index (χ3v) is 3.83. The van der Waals surface area contributed by atoms with Gasteiger partial charge in [-0.25, -0.2) is 9.67 Å². The zero-order valence-corrected chi connectivity index (χ0v) is 12.3. The van der Waals surface area contributed by atoms with Gasteiger partial charge in [0.1, 0.15) is 11.8 Å². The number of rotatable bonds is 2. The normalized spacial score (nSPS) is 14.7. The molecule has 7 nitrogen and oxygen atoms in total. The number of hydrogen-bond donors (Lipinski definition) is 0. The molecule has 3 rings (SSSR count). The van der Waals surface area contributed by atoms with Crippen molar-refractivity contribution in [2.75, 3.05) is 36.0 Å². The number of nitriles is 1. The summed E-state index contributed by atoms with van der Waals surface area (Å²) in [6.07, 6.45) is 3.45. The smallest absolute Gasteiger partial charge is 0.268 e. The molecule has 0 N–H and O–H groups in total. The highest BCUT2D eigenvalue weighted by atomic mass is 16.1. The number of piperazine rings is 1. The molecule has 0 unspecified atom stereocenters. The van der Waals surface area contributed by atoms with Gasteiger partial charge in [0.2, 0.25) is 0 Å². The van der Waals surface area contributed by atoms with Gasteiger partial charge in [-0.3, -0.25) is 4.79 Å². The van der Waals surface area contributed by atoms with Gasteiger partial charge < -0.3 is 9.80 Å². The van der Waals surface area contributed by atoms with E-state index in [1.807, 2.05) is 12.1 Å². The molecule has 0 aromatic carbocycles. The fraction of sp³-hybridized carbons (Fsp3) is 0.333. The van der Waals surface area contributed by atoms with Gasteiger partial charge in [0.25, 0.3) is 5.56 Å². The predicted molar refractivity (Wildman–Crippen MR) is 82.9 cm³/mol. The fourth-order valence-electron chi connectivity index (χ4n) is 2.49. The lowest BCUT2D eigenvalue weighted by atomic mass is 10.2. The number of pyridine rings is 1. The highest BCUT2D eigenvalue weighted by molar-refractivity contribution is 5.50. The van der Waals surface area contributed by atoms with Gasteiger partial charge in [0, 0.05) is 39.3 Å². The van der Waals surface area contributed by atoms with Crippen molar-refractivity contribution in [2.45, 2.75) is 0 Å². The van der Waals surface area contributed by atoms with E-state index in [2.05, 4.69) is 19.9 Å². The second kappa shape index (κ2) is 5.85. The minimum absolute atomic E-state index is 0.101. The van der Waals surface area contributed by atoms with Crippen LogP contribution in [0.4, 0.5) is 11.4 Å². The molecule has 7 heteroatoms. The SMILES string of the molecule is Cn1ncc(N2CCN(c3ccc(C#N)nc3)CC2)cc1=O. The van der Waals surface area contributed by atoms with Gasteiger partial charge in [-0.2, -0.15) is 10.4 Å². The lowest BCUT2D eigenvalue weighted by molar-refractivity contribution is 0.642. The molecular weight excluding hydrogens is 280 g/mol. The molecule has 1 aliphatic rings. The van der Waals surface area contributed by atoms with Crippen LogP contribution in [-0.4, -0.2) is 40.9 Å². The van der Waals surface area contributed by atoms with Gasteiger partial charge in [0.15, 0.2) is 0 Å². The number of hydrogen-bond acceptors (Lipinski definition) is 6. The summed E-state index contributed by atoms with van der Waals surface area (Å²) < 4.78 is 1.32. The maximum absolute atomic E-state index is 11.7. The summed E-state index contributed by atoms with van der Waals surface area (Å²) >= 11 is 0. The summed E-state index contributed by atoms with van der Waals surface area (Å²) in [6.45, 7) is 3.30. The Morgan fingerprint density at radius 3 is 2.32 bits per heavy atom. The van der Waals surface area contributed by atoms with E-state index in [4.69, 9.17) is 5.26 Å². The van der Waals surface area contributed by atoms with Crippen LogP contribution in [0.5, 0.6) is 0 Å². The van der Waals surface area contributed by atoms with E-state index in [1.54, 1.807) is 31.6 Å². The largest absolute Gasteiger partial charge is 0.367 e. The van der Waals surface area contributed by atoms with Crippen LogP contribution in [0.3, 0.4) is 0 Å². The Labute approximate surface area is 128 Å². The highest BCUT2D eigenvalue weighted by Gasteiger charge is 2.18. The lowest BCUT2D eigenvalue weighted by Crippen LogP contribution is -2.47. The number of aromatic nitrogens is 3. The second-order valence-electron chi connectivity index (χ2n) is 5.16. The number of anilines is 2. The Bertz CT molecular complexity index is 753. The molecule has 2 aromatic heterocycles. The third kappa shape index (κ3) is 2.76. The Morgan fingerprint density at radius 1 is 1.09 bits per heavy atom. The summed E-state index contributed by atoms with van der Waals surface area (Å²) in [5.74, 6) is 0. The summed E-state index contributed by atoms with van der Waals surface area (Å²) in [5, 5.41) is 12.8. The average molecular weight is 296 g/mol. The van der Waals surface area contributed by atoms with Crippen LogP contribution in [0, 0.1) is 11.3 Å². The van der Waals surface area contributed by atoms with Crippen molar-refractivity contribution in [2.24, 2.45) is 7.05 Å². The van der Waals surface area contributed by atoms with E-state index in [-0.39, 0.29) is 5.56 Å². The van der Waals surface area contributed by atoms with Gasteiger partial charge in [0.05, 0.1) is 23.8 Å². The molecule has 22 heavy (non-hydrogen) atoms. The molecule has 1 fully saturated rings. The lowest BCUT2D eigenvalue weighted by Gasteiger charge is -2.36. The molecule has 0 saturated carbocycles. The monoisotopic (exact) mass is 296 g/mol. The Kier molecular flexibility index (Phi) is 3.74. The third-order valence-electron chi connectivity index (χ3n) is 3.83. The van der Waals surface area contributed by atoms with Crippen molar-refractivity contribution >= 4 is 11.4 Å². The van der Waals surface area contributed by atoms with Crippen molar-refractivity contribution in [1.29, 1.82) is 5.26 Å². The summed E-state index contributed by atoms with van der Waals surface area (Å²) in [4.78, 5) is 20.1. The van der Waals surface area contributed by atoms with Gasteiger partial charge in [-0.05, 0) is 12.1 Å². The maximum atomic E-state index is 11.7. The average Bonchev–Trinajstić information content (AvgIpc) is 2.58. The first-order valence-electron chi connectivity index (χ1n) is 7.07. The first kappa shape index (κ1) is 14.1. The molecule has 0 amide bonds. The number of nitrogens with zero attached hydrogens (tertiary/aromatic N) is 6. The second-order valence-corrected chi connectivity index (χ2v) is 5.16. The molecule has 0 bridgehead atoms. The summed E-state index contributed by atoms with van der Waals surface area (Å²) in [7, 11) is 1.64. The topological polar surface area (TPSA) is 78.1 Å². The van der Waals surface area contributed by atoms with Crippen LogP contribution in [0.2, 0.25) is 0 Å². The van der Waals surface area contributed by atoms with E-state index in [9.17, 15) is 4.79 Å². The van der Waals surface area contributed by atoms with Crippen molar-refractivity contribution < 1.29 is 0 Å². The standard InChI is InChI=1S/C15H16N6O/c1-19-15(22)8-14(11-18-19)21-6-4-20(5-7-21)13-3-2-12(9-16)17-10-13/h2-3,8,10-11H,4-7H2,1H3. The van der Waals surface area contributed by atoms with Crippen LogP contribution >= 0.6 is 0 Å². The Hall–Kier alpha value is -2.88. The van der Waals surface area contributed by atoms with Crippen LogP contribution in [0.25, 0.3) is 0 Å². The number of aryl methyl sites for hydroxylation is 1. The minimum Gasteiger partial charge on any atom is -0.367 e. The van der Waals surface area contributed by atoms with E-state index in [0.29, 0.717) is 5.69 Å². The van der Waals surface area contributed by atoms with Gasteiger partial charge in [-0.1, -0.05) is 0 Å². The van der Waals surface area contributed by atoms with Gasteiger partial charge >= 0.3 is 0 Å².